The number of hydrogen-bond donors (Lipinski definition) is 1. The van der Waals surface area contributed by atoms with Gasteiger partial charge in [-0.05, 0) is 33.6 Å². The number of quaternary nitrogens is 1. The molecule has 108 valence electrons. The molecule has 5 nitrogen and oxygen atoms in total. The quantitative estimate of drug-likeness (QED) is 0.743. The Hall–Kier alpha value is -1.10. The zero-order valence-corrected chi connectivity index (χ0v) is 12.2. The molecule has 2 fully saturated rings. The molecule has 1 heterocycles. The molecule has 0 aromatic heterocycles. The maximum atomic E-state index is 12.5. The third kappa shape index (κ3) is 2.36. The molecule has 0 bridgehead atoms. The number of carbonyl (C=O) groups is 2. The summed E-state index contributed by atoms with van der Waals surface area (Å²) in [5.74, 6) is -0.540. The average molecular weight is 270 g/mol. The molecule has 1 aliphatic carbocycles. The number of carbonyl (C=O) groups excluding carboxylic acids is 1. The summed E-state index contributed by atoms with van der Waals surface area (Å²) in [6, 6.07) is -0.555. The third-order valence-corrected chi connectivity index (χ3v) is 4.55. The van der Waals surface area contributed by atoms with Gasteiger partial charge in [0.25, 0.3) is 0 Å². The fourth-order valence-corrected chi connectivity index (χ4v) is 3.69. The standard InChI is InChI=1S/C14H23NO4/c1-14(2,3)19-13(18)15(4)10-7-5-6-9(10)8-11(15)12(16)17/h9-11H,5-8H2,1-4H3/p+1. The van der Waals surface area contributed by atoms with Crippen LogP contribution < -0.4 is 0 Å². The Labute approximate surface area is 114 Å². The second-order valence-electron chi connectivity index (χ2n) is 6.98. The highest BCUT2D eigenvalue weighted by Gasteiger charge is 2.62. The second-order valence-corrected chi connectivity index (χ2v) is 6.98. The number of carboxylic acid groups (broad SMARTS) is 1. The van der Waals surface area contributed by atoms with Crippen LogP contribution in [0.2, 0.25) is 0 Å². The first-order valence-corrected chi connectivity index (χ1v) is 6.98. The van der Waals surface area contributed by atoms with Gasteiger partial charge in [0.05, 0.1) is 7.05 Å². The van der Waals surface area contributed by atoms with E-state index in [1.54, 1.807) is 7.05 Å². The normalized spacial score (nSPS) is 38.0. The lowest BCUT2D eigenvalue weighted by Crippen LogP contribution is -2.61. The van der Waals surface area contributed by atoms with Crippen molar-refractivity contribution in [3.05, 3.63) is 0 Å². The third-order valence-electron chi connectivity index (χ3n) is 4.55. The number of fused-ring (bicyclic) bond motifs is 1. The van der Waals surface area contributed by atoms with Gasteiger partial charge in [0.2, 0.25) is 0 Å². The molecule has 4 atom stereocenters. The van der Waals surface area contributed by atoms with Crippen LogP contribution in [0.4, 0.5) is 4.79 Å². The maximum Gasteiger partial charge on any atom is 0.517 e. The Kier molecular flexibility index (Phi) is 3.37. The lowest BCUT2D eigenvalue weighted by atomic mass is 10.0. The molecule has 0 aromatic rings. The minimum Gasteiger partial charge on any atom is -0.477 e. The predicted octanol–water partition coefficient (Wildman–Crippen LogP) is 2.39. The fraction of sp³-hybridized carbons (Fsp3) is 0.857. The van der Waals surface area contributed by atoms with Crippen LogP contribution >= 0.6 is 0 Å². The van der Waals surface area contributed by atoms with Gasteiger partial charge >= 0.3 is 12.1 Å². The zero-order chi connectivity index (χ0) is 14.4. The topological polar surface area (TPSA) is 63.6 Å². The van der Waals surface area contributed by atoms with E-state index in [-0.39, 0.29) is 10.5 Å². The molecule has 5 heteroatoms. The van der Waals surface area contributed by atoms with Crippen LogP contribution in [0, 0.1) is 5.92 Å². The largest absolute Gasteiger partial charge is 0.517 e. The maximum absolute atomic E-state index is 12.5. The van der Waals surface area contributed by atoms with E-state index in [1.807, 2.05) is 20.8 Å². The van der Waals surface area contributed by atoms with Crippen molar-refractivity contribution >= 4 is 12.1 Å². The van der Waals surface area contributed by atoms with Gasteiger partial charge in [-0.15, -0.1) is 0 Å². The lowest BCUT2D eigenvalue weighted by molar-refractivity contribution is -0.867. The van der Waals surface area contributed by atoms with Crippen LogP contribution in [0.5, 0.6) is 0 Å². The lowest BCUT2D eigenvalue weighted by Gasteiger charge is -2.36. The Morgan fingerprint density at radius 3 is 2.42 bits per heavy atom. The predicted molar refractivity (Wildman–Crippen MR) is 69.6 cm³/mol. The van der Waals surface area contributed by atoms with E-state index in [0.29, 0.717) is 12.3 Å². The number of likely N-dealkylation sites (tertiary alicyclic amines) is 1. The molecule has 1 saturated carbocycles. The van der Waals surface area contributed by atoms with Gasteiger partial charge in [-0.2, -0.15) is 4.79 Å². The Morgan fingerprint density at radius 1 is 1.26 bits per heavy atom. The van der Waals surface area contributed by atoms with Crippen LogP contribution in [-0.2, 0) is 9.53 Å². The smallest absolute Gasteiger partial charge is 0.477 e. The fourth-order valence-electron chi connectivity index (χ4n) is 3.69. The SMILES string of the molecule is CC(C)(C)OC(=O)[N+]1(C)C(C(=O)O)CC2CCCC21. The molecule has 19 heavy (non-hydrogen) atoms. The summed E-state index contributed by atoms with van der Waals surface area (Å²) < 4.78 is 5.40. The van der Waals surface area contributed by atoms with Gasteiger partial charge in [-0.1, -0.05) is 0 Å². The van der Waals surface area contributed by atoms with E-state index < -0.39 is 23.7 Å². The number of carboxylic acids is 1. The Morgan fingerprint density at radius 2 is 1.89 bits per heavy atom. The molecule has 1 amide bonds. The van der Waals surface area contributed by atoms with Crippen molar-refractivity contribution in [3.63, 3.8) is 0 Å². The summed E-state index contributed by atoms with van der Waals surface area (Å²) in [5.41, 5.74) is -0.585. The molecule has 1 N–H and O–H groups in total. The first-order chi connectivity index (χ1) is 8.66. The van der Waals surface area contributed by atoms with Crippen LogP contribution in [0.25, 0.3) is 0 Å². The summed E-state index contributed by atoms with van der Waals surface area (Å²) in [4.78, 5) is 24.0. The van der Waals surface area contributed by atoms with E-state index in [1.165, 1.54) is 0 Å². The number of amides is 1. The molecule has 0 radical (unpaired) electrons. The minimum atomic E-state index is -0.886. The summed E-state index contributed by atoms with van der Waals surface area (Å²) in [5, 5.41) is 9.43. The number of hydrogen-bond acceptors (Lipinski definition) is 3. The van der Waals surface area contributed by atoms with Gasteiger partial charge < -0.3 is 9.84 Å². The monoisotopic (exact) mass is 270 g/mol. The van der Waals surface area contributed by atoms with Crippen molar-refractivity contribution in [2.75, 3.05) is 7.05 Å². The first-order valence-electron chi connectivity index (χ1n) is 6.98. The van der Waals surface area contributed by atoms with E-state index in [0.717, 1.165) is 19.3 Å². The Balaban J connectivity index is 2.30. The minimum absolute atomic E-state index is 0.0860. The van der Waals surface area contributed by atoms with E-state index >= 15 is 0 Å². The summed E-state index contributed by atoms with van der Waals surface area (Å²) >= 11 is 0. The van der Waals surface area contributed by atoms with Gasteiger partial charge in [0, 0.05) is 18.8 Å². The van der Waals surface area contributed by atoms with Gasteiger partial charge in [-0.25, -0.2) is 9.28 Å². The molecular weight excluding hydrogens is 246 g/mol. The van der Waals surface area contributed by atoms with Gasteiger partial charge in [-0.3, -0.25) is 0 Å². The van der Waals surface area contributed by atoms with E-state index in [9.17, 15) is 14.7 Å². The number of likely N-dealkylation sites (N-methyl/N-ethyl adjacent to an activating group) is 1. The molecule has 0 aromatic carbocycles. The number of ether oxygens (including phenoxy) is 1. The highest BCUT2D eigenvalue weighted by Crippen LogP contribution is 2.46. The van der Waals surface area contributed by atoms with Crippen molar-refractivity contribution in [2.24, 2.45) is 5.92 Å². The van der Waals surface area contributed by atoms with E-state index in [2.05, 4.69) is 0 Å². The Bertz CT molecular complexity index is 401. The molecule has 1 aliphatic heterocycles. The number of aliphatic carboxylic acids is 1. The molecule has 0 spiro atoms. The molecule has 1 saturated heterocycles. The van der Waals surface area contributed by atoms with Crippen molar-refractivity contribution in [2.45, 2.75) is 64.1 Å². The summed E-state index contributed by atoms with van der Waals surface area (Å²) in [7, 11) is 1.74. The highest BCUT2D eigenvalue weighted by atomic mass is 16.6. The van der Waals surface area contributed by atoms with Crippen molar-refractivity contribution in [3.8, 4) is 0 Å². The van der Waals surface area contributed by atoms with Crippen LogP contribution in [0.1, 0.15) is 46.5 Å². The summed E-state index contributed by atoms with van der Waals surface area (Å²) in [6.45, 7) is 5.44. The van der Waals surface area contributed by atoms with Crippen LogP contribution in [0.3, 0.4) is 0 Å². The van der Waals surface area contributed by atoms with Gasteiger partial charge in [0.15, 0.2) is 6.04 Å². The van der Waals surface area contributed by atoms with Crippen LogP contribution in [-0.4, -0.2) is 46.4 Å². The van der Waals surface area contributed by atoms with Gasteiger partial charge in [0.1, 0.15) is 11.6 Å². The number of nitrogens with zero attached hydrogens (tertiary/aromatic N) is 1. The second kappa shape index (κ2) is 4.47. The van der Waals surface area contributed by atoms with Crippen molar-refractivity contribution in [1.82, 2.24) is 0 Å². The number of rotatable bonds is 1. The van der Waals surface area contributed by atoms with Crippen LogP contribution in [0.15, 0.2) is 0 Å². The molecule has 2 rings (SSSR count). The molecule has 4 unspecified atom stereocenters. The highest BCUT2D eigenvalue weighted by molar-refractivity contribution is 5.76. The first kappa shape index (κ1) is 14.3. The average Bonchev–Trinajstić information content (AvgIpc) is 2.78. The summed E-state index contributed by atoms with van der Waals surface area (Å²) in [6.07, 6.45) is 3.23. The molecule has 2 aliphatic rings. The van der Waals surface area contributed by atoms with Crippen molar-refractivity contribution in [1.29, 1.82) is 0 Å². The van der Waals surface area contributed by atoms with E-state index in [4.69, 9.17) is 4.74 Å². The van der Waals surface area contributed by atoms with Crippen molar-refractivity contribution < 1.29 is 23.9 Å². The zero-order valence-electron chi connectivity index (χ0n) is 12.2. The molecular formula is C14H24NO4+.